The summed E-state index contributed by atoms with van der Waals surface area (Å²) in [4.78, 5) is 63.6. The van der Waals surface area contributed by atoms with Gasteiger partial charge in [-0.3, -0.25) is 24.4 Å². The molecular formula is C25H45N5O7. The van der Waals surface area contributed by atoms with E-state index >= 15 is 0 Å². The normalized spacial score (nSPS) is 23.0. The van der Waals surface area contributed by atoms with Gasteiger partial charge in [0, 0.05) is 19.5 Å². The van der Waals surface area contributed by atoms with Crippen LogP contribution in [0.2, 0.25) is 0 Å². The predicted molar refractivity (Wildman–Crippen MR) is 136 cm³/mol. The third kappa shape index (κ3) is 11.8. The number of alkyl carbamates (subject to hydrolysis) is 1. The van der Waals surface area contributed by atoms with E-state index < -0.39 is 47.7 Å². The number of rotatable bonds is 8. The van der Waals surface area contributed by atoms with E-state index in [0.29, 0.717) is 38.6 Å². The fourth-order valence-corrected chi connectivity index (χ4v) is 4.44. The number of amides is 5. The summed E-state index contributed by atoms with van der Waals surface area (Å²) in [6.07, 6.45) is 1.99. The minimum Gasteiger partial charge on any atom is -0.450 e. The first-order valence-corrected chi connectivity index (χ1v) is 13.2. The van der Waals surface area contributed by atoms with E-state index in [2.05, 4.69) is 21.3 Å². The van der Waals surface area contributed by atoms with Crippen LogP contribution in [-0.4, -0.2) is 67.2 Å². The molecule has 1 aliphatic rings. The van der Waals surface area contributed by atoms with Crippen molar-refractivity contribution in [3.8, 4) is 0 Å². The molecule has 0 aromatic heterocycles. The summed E-state index contributed by atoms with van der Waals surface area (Å²) in [6, 6.07) is -1.71. The first kappa shape index (κ1) is 32.1. The molecule has 0 aliphatic carbocycles. The van der Waals surface area contributed by atoms with Gasteiger partial charge in [0.2, 0.25) is 23.6 Å². The molecule has 1 saturated heterocycles. The second kappa shape index (κ2) is 16.8. The van der Waals surface area contributed by atoms with Crippen molar-refractivity contribution in [1.29, 1.82) is 0 Å². The summed E-state index contributed by atoms with van der Waals surface area (Å²) in [5.41, 5.74) is 1.65. The van der Waals surface area contributed by atoms with Crippen LogP contribution in [0.15, 0.2) is 0 Å². The van der Waals surface area contributed by atoms with Crippen molar-refractivity contribution < 1.29 is 33.9 Å². The van der Waals surface area contributed by atoms with Crippen LogP contribution < -0.4 is 26.7 Å². The van der Waals surface area contributed by atoms with Crippen LogP contribution in [-0.2, 0) is 23.9 Å². The van der Waals surface area contributed by atoms with E-state index in [1.807, 2.05) is 27.7 Å². The molecule has 37 heavy (non-hydrogen) atoms. The Morgan fingerprint density at radius 2 is 1.73 bits per heavy atom. The topological polar surface area (TPSA) is 175 Å². The molecule has 5 amide bonds. The molecule has 0 saturated carbocycles. The number of ether oxygens (including phenoxy) is 1. The highest BCUT2D eigenvalue weighted by atomic mass is 16.5. The molecule has 0 unspecified atom stereocenters. The molecule has 4 atom stereocenters. The summed E-state index contributed by atoms with van der Waals surface area (Å²) in [5.74, 6) is -3.55. The van der Waals surface area contributed by atoms with Crippen LogP contribution in [0.3, 0.4) is 0 Å². The molecule has 1 fully saturated rings. The highest BCUT2D eigenvalue weighted by molar-refractivity contribution is 5.93. The molecule has 0 aromatic rings. The lowest BCUT2D eigenvalue weighted by Crippen LogP contribution is -2.55. The lowest BCUT2D eigenvalue weighted by atomic mass is 9.81. The Morgan fingerprint density at radius 3 is 2.32 bits per heavy atom. The van der Waals surface area contributed by atoms with E-state index in [4.69, 9.17) is 4.74 Å². The summed E-state index contributed by atoms with van der Waals surface area (Å²) in [6.45, 7) is 8.09. The standard InChI is InChI=1S/C25H45N5O7/c1-15(2)13-18-17(22(32)30-36)9-8-12-37-25(35)27-11-7-6-10-19(28-21(18)31)24(34)29-20(14-16(3)4)23(33)26-5/h15-20,36H,6-14H2,1-5H3,(H,26,33)(H,27,35)(H,28,31)(H,29,34)(H,30,32)/t17-,18+,19-,20+/m0/s1. The molecule has 12 heteroatoms. The van der Waals surface area contributed by atoms with Crippen molar-refractivity contribution in [1.82, 2.24) is 26.7 Å². The van der Waals surface area contributed by atoms with Crippen LogP contribution >= 0.6 is 0 Å². The maximum Gasteiger partial charge on any atom is 0.407 e. The van der Waals surface area contributed by atoms with Crippen LogP contribution in [0.5, 0.6) is 0 Å². The largest absolute Gasteiger partial charge is 0.450 e. The van der Waals surface area contributed by atoms with E-state index in [1.54, 1.807) is 5.48 Å². The fraction of sp³-hybridized carbons (Fsp3) is 0.800. The Bertz CT molecular complexity index is 775. The molecule has 1 heterocycles. The summed E-state index contributed by atoms with van der Waals surface area (Å²) in [7, 11) is 1.49. The van der Waals surface area contributed by atoms with Gasteiger partial charge in [0.1, 0.15) is 12.1 Å². The fourth-order valence-electron chi connectivity index (χ4n) is 4.44. The maximum atomic E-state index is 13.5. The smallest absolute Gasteiger partial charge is 0.407 e. The van der Waals surface area contributed by atoms with Crippen molar-refractivity contribution in [2.75, 3.05) is 20.2 Å². The molecule has 0 radical (unpaired) electrons. The number of hydrogen-bond donors (Lipinski definition) is 6. The first-order valence-electron chi connectivity index (χ1n) is 13.2. The zero-order chi connectivity index (χ0) is 28.0. The number of carbonyl (C=O) groups is 5. The van der Waals surface area contributed by atoms with E-state index in [0.717, 1.165) is 0 Å². The Kier molecular flexibility index (Phi) is 14.6. The highest BCUT2D eigenvalue weighted by Gasteiger charge is 2.36. The second-order valence-corrected chi connectivity index (χ2v) is 10.4. The van der Waals surface area contributed by atoms with Gasteiger partial charge in [-0.15, -0.1) is 0 Å². The Hall–Kier alpha value is -2.89. The molecule has 212 valence electrons. The van der Waals surface area contributed by atoms with Gasteiger partial charge in [0.05, 0.1) is 12.5 Å². The monoisotopic (exact) mass is 527 g/mol. The Balaban J connectivity index is 3.25. The van der Waals surface area contributed by atoms with Crippen molar-refractivity contribution in [2.24, 2.45) is 23.7 Å². The number of likely N-dealkylation sites (N-methyl/N-ethyl adjacent to an activating group) is 1. The zero-order valence-electron chi connectivity index (χ0n) is 22.7. The molecule has 12 nitrogen and oxygen atoms in total. The quantitative estimate of drug-likeness (QED) is 0.203. The van der Waals surface area contributed by atoms with Gasteiger partial charge in [-0.25, -0.2) is 10.3 Å². The number of nitrogens with one attached hydrogen (secondary N) is 5. The van der Waals surface area contributed by atoms with Crippen LogP contribution in [0, 0.1) is 23.7 Å². The minimum atomic E-state index is -0.948. The summed E-state index contributed by atoms with van der Waals surface area (Å²) < 4.78 is 5.14. The Labute approximate surface area is 219 Å². The lowest BCUT2D eigenvalue weighted by molar-refractivity contribution is -0.142. The van der Waals surface area contributed by atoms with Crippen molar-refractivity contribution >= 4 is 29.7 Å². The van der Waals surface area contributed by atoms with Gasteiger partial charge < -0.3 is 26.0 Å². The van der Waals surface area contributed by atoms with Crippen LogP contribution in [0.25, 0.3) is 0 Å². The first-order chi connectivity index (χ1) is 17.5. The van der Waals surface area contributed by atoms with E-state index in [-0.39, 0.29) is 37.2 Å². The van der Waals surface area contributed by atoms with Gasteiger partial charge >= 0.3 is 6.09 Å². The lowest BCUT2D eigenvalue weighted by Gasteiger charge is -2.29. The minimum absolute atomic E-state index is 0.0461. The third-order valence-electron chi connectivity index (χ3n) is 6.30. The van der Waals surface area contributed by atoms with Crippen LogP contribution in [0.4, 0.5) is 4.79 Å². The average Bonchev–Trinajstić information content (AvgIpc) is 2.84. The summed E-state index contributed by atoms with van der Waals surface area (Å²) in [5, 5.41) is 20.1. The molecule has 1 aliphatic heterocycles. The number of hydrogen-bond acceptors (Lipinski definition) is 7. The van der Waals surface area contributed by atoms with Crippen molar-refractivity contribution in [3.63, 3.8) is 0 Å². The van der Waals surface area contributed by atoms with Gasteiger partial charge in [-0.1, -0.05) is 27.7 Å². The van der Waals surface area contributed by atoms with Crippen molar-refractivity contribution in [3.05, 3.63) is 0 Å². The second-order valence-electron chi connectivity index (χ2n) is 10.4. The van der Waals surface area contributed by atoms with Gasteiger partial charge in [0.15, 0.2) is 0 Å². The Morgan fingerprint density at radius 1 is 1.03 bits per heavy atom. The van der Waals surface area contributed by atoms with Gasteiger partial charge in [0.25, 0.3) is 0 Å². The third-order valence-corrected chi connectivity index (χ3v) is 6.30. The summed E-state index contributed by atoms with van der Waals surface area (Å²) >= 11 is 0. The SMILES string of the molecule is CNC(=O)[C@@H](CC(C)C)NC(=O)[C@@H]1CCCCNC(=O)OCCC[C@H](C(=O)NO)[C@@H](CC(C)C)C(=O)N1. The molecule has 0 spiro atoms. The van der Waals surface area contributed by atoms with E-state index in [1.165, 1.54) is 7.05 Å². The average molecular weight is 528 g/mol. The number of cyclic esters (lactones) is 1. The zero-order valence-corrected chi connectivity index (χ0v) is 22.7. The predicted octanol–water partition coefficient (Wildman–Crippen LogP) is 1.22. The van der Waals surface area contributed by atoms with Crippen molar-refractivity contribution in [2.45, 2.75) is 84.7 Å². The molecule has 0 aromatic carbocycles. The van der Waals surface area contributed by atoms with Crippen LogP contribution in [0.1, 0.15) is 72.6 Å². The highest BCUT2D eigenvalue weighted by Crippen LogP contribution is 2.26. The molecule has 0 bridgehead atoms. The maximum absolute atomic E-state index is 13.5. The van der Waals surface area contributed by atoms with E-state index in [9.17, 15) is 29.2 Å². The number of carbonyl (C=O) groups excluding carboxylic acids is 5. The number of hydroxylamine groups is 1. The molecule has 6 N–H and O–H groups in total. The van der Waals surface area contributed by atoms with Gasteiger partial charge in [-0.2, -0.15) is 0 Å². The van der Waals surface area contributed by atoms with Gasteiger partial charge in [-0.05, 0) is 56.8 Å². The molecule has 1 rings (SSSR count). The molecular weight excluding hydrogens is 482 g/mol.